The number of hydrogen-bond donors (Lipinski definition) is 0. The second-order valence-electron chi connectivity index (χ2n) is 5.68. The van der Waals surface area contributed by atoms with Gasteiger partial charge in [-0.25, -0.2) is 9.97 Å². The largest absolute Gasteiger partial charge is 0.279 e. The van der Waals surface area contributed by atoms with Crippen molar-refractivity contribution in [2.24, 2.45) is 0 Å². The van der Waals surface area contributed by atoms with Gasteiger partial charge in [0.05, 0.1) is 6.04 Å². The normalized spacial score (nSPS) is 13.7. The predicted octanol–water partition coefficient (Wildman–Crippen LogP) is 3.19. The summed E-state index contributed by atoms with van der Waals surface area (Å²) in [5, 5.41) is 0. The third-order valence-electron chi connectivity index (χ3n) is 3.95. The third kappa shape index (κ3) is 1.96. The molecule has 0 bridgehead atoms. The molecule has 2 aromatic heterocycles. The molecule has 1 aliphatic rings. The van der Waals surface area contributed by atoms with E-state index in [1.54, 1.807) is 10.8 Å². The van der Waals surface area contributed by atoms with E-state index in [4.69, 9.17) is 0 Å². The zero-order valence-corrected chi connectivity index (χ0v) is 12.4. The van der Waals surface area contributed by atoms with Crippen LogP contribution in [0.3, 0.4) is 0 Å². The quantitative estimate of drug-likeness (QED) is 0.681. The predicted molar refractivity (Wildman–Crippen MR) is 86.9 cm³/mol. The molecule has 1 aromatic carbocycles. The maximum atomic E-state index is 12.9. The SMILES string of the molecule is Cc1ccc(-c2nc3cccnc3n(C3C=C3)c2=O)c(C)c1. The molecule has 0 aliphatic heterocycles. The van der Waals surface area contributed by atoms with Crippen LogP contribution in [0.15, 0.2) is 53.5 Å². The lowest BCUT2D eigenvalue weighted by atomic mass is 10.0. The third-order valence-corrected chi connectivity index (χ3v) is 3.95. The maximum Gasteiger partial charge on any atom is 0.279 e. The van der Waals surface area contributed by atoms with Gasteiger partial charge in [0.2, 0.25) is 0 Å². The molecule has 108 valence electrons. The van der Waals surface area contributed by atoms with Crippen LogP contribution in [0, 0.1) is 13.8 Å². The van der Waals surface area contributed by atoms with Gasteiger partial charge in [0.25, 0.3) is 5.56 Å². The minimum absolute atomic E-state index is 0.0254. The molecule has 0 N–H and O–H groups in total. The zero-order valence-electron chi connectivity index (χ0n) is 12.4. The topological polar surface area (TPSA) is 47.8 Å². The summed E-state index contributed by atoms with van der Waals surface area (Å²) in [6.45, 7) is 4.05. The Bertz CT molecular complexity index is 979. The Labute approximate surface area is 127 Å². The fourth-order valence-corrected chi connectivity index (χ4v) is 2.79. The minimum atomic E-state index is -0.0897. The highest BCUT2D eigenvalue weighted by molar-refractivity contribution is 5.75. The number of aromatic nitrogens is 3. The Morgan fingerprint density at radius 3 is 2.68 bits per heavy atom. The zero-order chi connectivity index (χ0) is 15.3. The minimum Gasteiger partial charge on any atom is -0.279 e. The van der Waals surface area contributed by atoms with E-state index >= 15 is 0 Å². The molecule has 0 saturated carbocycles. The van der Waals surface area contributed by atoms with Gasteiger partial charge in [-0.05, 0) is 31.5 Å². The van der Waals surface area contributed by atoms with Crippen LogP contribution in [-0.2, 0) is 0 Å². The van der Waals surface area contributed by atoms with Crippen molar-refractivity contribution in [3.63, 3.8) is 0 Å². The standard InChI is InChI=1S/C18H15N3O/c1-11-5-8-14(12(2)10-11)16-18(22)21(13-6-7-13)17-15(20-16)4-3-9-19-17/h3-10,13H,1-2H3. The smallest absolute Gasteiger partial charge is 0.279 e. The fourth-order valence-electron chi connectivity index (χ4n) is 2.79. The number of hydrogen-bond acceptors (Lipinski definition) is 3. The average Bonchev–Trinajstić information content (AvgIpc) is 3.32. The summed E-state index contributed by atoms with van der Waals surface area (Å²) < 4.78 is 1.72. The molecule has 4 heteroatoms. The first-order valence-corrected chi connectivity index (χ1v) is 7.28. The molecular weight excluding hydrogens is 274 g/mol. The number of allylic oxidation sites excluding steroid dienone is 2. The number of fused-ring (bicyclic) bond motifs is 1. The molecule has 0 amide bonds. The lowest BCUT2D eigenvalue weighted by Gasteiger charge is -2.12. The first kappa shape index (κ1) is 13.0. The molecule has 4 nitrogen and oxygen atoms in total. The van der Waals surface area contributed by atoms with Crippen molar-refractivity contribution in [1.29, 1.82) is 0 Å². The molecule has 2 heterocycles. The number of aryl methyl sites for hydroxylation is 2. The summed E-state index contributed by atoms with van der Waals surface area (Å²) in [7, 11) is 0. The van der Waals surface area contributed by atoms with Gasteiger partial charge in [-0.3, -0.25) is 9.36 Å². The first-order chi connectivity index (χ1) is 10.6. The molecule has 0 radical (unpaired) electrons. The molecule has 3 aromatic rings. The lowest BCUT2D eigenvalue weighted by Crippen LogP contribution is -2.24. The van der Waals surface area contributed by atoms with Crippen LogP contribution in [0.4, 0.5) is 0 Å². The van der Waals surface area contributed by atoms with Gasteiger partial charge >= 0.3 is 0 Å². The molecule has 0 unspecified atom stereocenters. The Hall–Kier alpha value is -2.75. The van der Waals surface area contributed by atoms with Crippen LogP contribution in [0.25, 0.3) is 22.4 Å². The van der Waals surface area contributed by atoms with Crippen LogP contribution in [-0.4, -0.2) is 14.5 Å². The molecule has 0 fully saturated rings. The highest BCUT2D eigenvalue weighted by Gasteiger charge is 2.22. The molecule has 4 rings (SSSR count). The van der Waals surface area contributed by atoms with Crippen LogP contribution < -0.4 is 5.56 Å². The van der Waals surface area contributed by atoms with Gasteiger partial charge in [-0.15, -0.1) is 0 Å². The van der Waals surface area contributed by atoms with Crippen molar-refractivity contribution in [3.05, 3.63) is 70.2 Å². The lowest BCUT2D eigenvalue weighted by molar-refractivity contribution is 0.772. The van der Waals surface area contributed by atoms with E-state index in [0.717, 1.165) is 16.6 Å². The Morgan fingerprint density at radius 2 is 1.95 bits per heavy atom. The van der Waals surface area contributed by atoms with E-state index in [1.165, 1.54) is 5.56 Å². The van der Waals surface area contributed by atoms with E-state index in [-0.39, 0.29) is 11.6 Å². The van der Waals surface area contributed by atoms with Gasteiger partial charge < -0.3 is 0 Å². The van der Waals surface area contributed by atoms with E-state index in [1.807, 2.05) is 50.3 Å². The second kappa shape index (κ2) is 4.63. The van der Waals surface area contributed by atoms with Crippen molar-refractivity contribution >= 4 is 11.2 Å². The molecule has 0 saturated heterocycles. The molecule has 1 aliphatic carbocycles. The Morgan fingerprint density at radius 1 is 1.14 bits per heavy atom. The van der Waals surface area contributed by atoms with Crippen molar-refractivity contribution < 1.29 is 0 Å². The first-order valence-electron chi connectivity index (χ1n) is 7.28. The monoisotopic (exact) mass is 289 g/mol. The summed E-state index contributed by atoms with van der Waals surface area (Å²) in [5.74, 6) is 0. The Kier molecular flexibility index (Phi) is 2.73. The highest BCUT2D eigenvalue weighted by Crippen LogP contribution is 2.27. The van der Waals surface area contributed by atoms with Crippen molar-refractivity contribution in [2.45, 2.75) is 19.9 Å². The number of rotatable bonds is 2. The van der Waals surface area contributed by atoms with Gasteiger partial charge in [-0.2, -0.15) is 0 Å². The van der Waals surface area contributed by atoms with Crippen molar-refractivity contribution in [1.82, 2.24) is 14.5 Å². The maximum absolute atomic E-state index is 12.9. The van der Waals surface area contributed by atoms with E-state index in [9.17, 15) is 4.79 Å². The molecule has 22 heavy (non-hydrogen) atoms. The second-order valence-corrected chi connectivity index (χ2v) is 5.68. The summed E-state index contributed by atoms with van der Waals surface area (Å²) in [4.78, 5) is 21.8. The summed E-state index contributed by atoms with van der Waals surface area (Å²) >= 11 is 0. The van der Waals surface area contributed by atoms with Crippen LogP contribution >= 0.6 is 0 Å². The van der Waals surface area contributed by atoms with E-state index in [0.29, 0.717) is 11.3 Å². The van der Waals surface area contributed by atoms with Gasteiger partial charge in [-0.1, -0.05) is 35.9 Å². The Balaban J connectivity index is 2.06. The van der Waals surface area contributed by atoms with Crippen LogP contribution in [0.1, 0.15) is 17.2 Å². The molecular formula is C18H15N3O. The summed E-state index contributed by atoms with van der Waals surface area (Å²) in [6, 6.07) is 9.82. The van der Waals surface area contributed by atoms with Gasteiger partial charge in [0, 0.05) is 11.8 Å². The highest BCUT2D eigenvalue weighted by atomic mass is 16.1. The fraction of sp³-hybridized carbons (Fsp3) is 0.167. The van der Waals surface area contributed by atoms with E-state index in [2.05, 4.69) is 16.0 Å². The van der Waals surface area contributed by atoms with E-state index < -0.39 is 0 Å². The van der Waals surface area contributed by atoms with Gasteiger partial charge in [0.1, 0.15) is 11.2 Å². The van der Waals surface area contributed by atoms with Crippen molar-refractivity contribution in [2.75, 3.05) is 0 Å². The summed E-state index contributed by atoms with van der Waals surface area (Å²) in [6.07, 6.45) is 5.67. The van der Waals surface area contributed by atoms with Crippen molar-refractivity contribution in [3.8, 4) is 11.3 Å². The van der Waals surface area contributed by atoms with Crippen LogP contribution in [0.5, 0.6) is 0 Å². The average molecular weight is 289 g/mol. The molecule has 0 atom stereocenters. The number of benzene rings is 1. The number of nitrogens with zero attached hydrogens (tertiary/aromatic N) is 3. The van der Waals surface area contributed by atoms with Crippen LogP contribution in [0.2, 0.25) is 0 Å². The summed E-state index contributed by atoms with van der Waals surface area (Å²) in [5.41, 5.74) is 4.90. The number of pyridine rings is 1. The molecule has 0 spiro atoms. The van der Waals surface area contributed by atoms with Gasteiger partial charge in [0.15, 0.2) is 5.65 Å².